The van der Waals surface area contributed by atoms with E-state index in [1.165, 1.54) is 13.3 Å². The van der Waals surface area contributed by atoms with Crippen LogP contribution in [0.1, 0.15) is 66.7 Å². The standard InChI is InChI=1S/C23H34O5/c1-13(2)16-6-7-21(4)8-9-22(5)17(19(16)21)10-18-15(11-23(22,26)28-18)12-27-20(25)14(3)24/h11,13-14,17-18,24,26H,6-10,12H2,1-5H3. The van der Waals surface area contributed by atoms with Gasteiger partial charge in [0.15, 0.2) is 5.79 Å². The number of rotatable bonds is 4. The number of fused-ring (bicyclic) bond motifs is 6. The van der Waals surface area contributed by atoms with Gasteiger partial charge < -0.3 is 19.7 Å². The maximum absolute atomic E-state index is 11.7. The van der Waals surface area contributed by atoms with Gasteiger partial charge in [0.25, 0.3) is 0 Å². The zero-order valence-electron chi connectivity index (χ0n) is 17.7. The van der Waals surface area contributed by atoms with Crippen LogP contribution >= 0.6 is 0 Å². The van der Waals surface area contributed by atoms with E-state index in [2.05, 4.69) is 27.7 Å². The van der Waals surface area contributed by atoms with Gasteiger partial charge in [0.05, 0.1) is 6.10 Å². The number of carbonyl (C=O) groups excluding carboxylic acids is 1. The van der Waals surface area contributed by atoms with Gasteiger partial charge in [0, 0.05) is 5.41 Å². The average Bonchev–Trinajstić information content (AvgIpc) is 3.11. The highest BCUT2D eigenvalue weighted by molar-refractivity contribution is 5.74. The van der Waals surface area contributed by atoms with Crippen LogP contribution in [0, 0.1) is 22.7 Å². The number of aliphatic hydroxyl groups excluding tert-OH is 1. The van der Waals surface area contributed by atoms with Crippen molar-refractivity contribution in [3.63, 3.8) is 0 Å². The molecule has 2 bridgehead atoms. The van der Waals surface area contributed by atoms with Crippen LogP contribution in [0.2, 0.25) is 0 Å². The van der Waals surface area contributed by atoms with E-state index in [0.717, 1.165) is 31.3 Å². The van der Waals surface area contributed by atoms with Crippen LogP contribution < -0.4 is 0 Å². The summed E-state index contributed by atoms with van der Waals surface area (Å²) < 4.78 is 11.4. The van der Waals surface area contributed by atoms with Crippen molar-refractivity contribution < 1.29 is 24.5 Å². The first-order valence-corrected chi connectivity index (χ1v) is 10.7. The van der Waals surface area contributed by atoms with Crippen LogP contribution in [0.5, 0.6) is 0 Å². The molecule has 2 fully saturated rings. The lowest BCUT2D eigenvalue weighted by Crippen LogP contribution is -2.58. The first-order chi connectivity index (χ1) is 13.0. The van der Waals surface area contributed by atoms with E-state index in [4.69, 9.17) is 9.47 Å². The van der Waals surface area contributed by atoms with Crippen molar-refractivity contribution in [2.45, 2.75) is 84.7 Å². The van der Waals surface area contributed by atoms with E-state index >= 15 is 0 Å². The van der Waals surface area contributed by atoms with Crippen LogP contribution in [0.25, 0.3) is 0 Å². The number of allylic oxidation sites excluding steroid dienone is 2. The van der Waals surface area contributed by atoms with Crippen molar-refractivity contribution in [1.82, 2.24) is 0 Å². The first-order valence-electron chi connectivity index (χ1n) is 10.7. The van der Waals surface area contributed by atoms with Gasteiger partial charge in [-0.25, -0.2) is 4.79 Å². The second kappa shape index (κ2) is 6.41. The fourth-order valence-electron chi connectivity index (χ4n) is 6.20. The molecule has 28 heavy (non-hydrogen) atoms. The molecule has 4 rings (SSSR count). The Morgan fingerprint density at radius 2 is 2.00 bits per heavy atom. The summed E-state index contributed by atoms with van der Waals surface area (Å²) in [5.74, 6) is -1.18. The van der Waals surface area contributed by atoms with Crippen LogP contribution in [0.4, 0.5) is 0 Å². The fraction of sp³-hybridized carbons (Fsp3) is 0.783. The summed E-state index contributed by atoms with van der Waals surface area (Å²) in [5, 5.41) is 20.9. The minimum atomic E-state index is -1.33. The Morgan fingerprint density at radius 1 is 1.29 bits per heavy atom. The van der Waals surface area contributed by atoms with Gasteiger partial charge in [-0.2, -0.15) is 0 Å². The molecule has 2 aliphatic carbocycles. The minimum Gasteiger partial charge on any atom is -0.459 e. The van der Waals surface area contributed by atoms with Gasteiger partial charge in [-0.1, -0.05) is 38.8 Å². The Bertz CT molecular complexity index is 750. The van der Waals surface area contributed by atoms with Gasteiger partial charge >= 0.3 is 5.97 Å². The first kappa shape index (κ1) is 20.1. The zero-order valence-corrected chi connectivity index (χ0v) is 17.7. The van der Waals surface area contributed by atoms with E-state index in [0.29, 0.717) is 5.92 Å². The fourth-order valence-corrected chi connectivity index (χ4v) is 6.20. The maximum atomic E-state index is 11.7. The molecule has 156 valence electrons. The van der Waals surface area contributed by atoms with Crippen LogP contribution in [0.15, 0.2) is 22.8 Å². The molecule has 2 aliphatic heterocycles. The Kier molecular flexibility index (Phi) is 4.61. The lowest BCUT2D eigenvalue weighted by atomic mass is 9.52. The summed E-state index contributed by atoms with van der Waals surface area (Å²) in [5.41, 5.74) is 3.82. The van der Waals surface area contributed by atoms with Crippen molar-refractivity contribution in [2.24, 2.45) is 22.7 Å². The van der Waals surface area contributed by atoms with Crippen molar-refractivity contribution in [3.8, 4) is 0 Å². The third kappa shape index (κ3) is 2.73. The van der Waals surface area contributed by atoms with E-state index in [-0.39, 0.29) is 29.5 Å². The quantitative estimate of drug-likeness (QED) is 0.568. The summed E-state index contributed by atoms with van der Waals surface area (Å²) in [6.45, 7) is 10.6. The highest BCUT2D eigenvalue weighted by Gasteiger charge is 2.65. The third-order valence-corrected chi connectivity index (χ3v) is 8.06. The van der Waals surface area contributed by atoms with Crippen molar-refractivity contribution in [2.75, 3.05) is 6.61 Å². The molecule has 0 aromatic rings. The van der Waals surface area contributed by atoms with Crippen LogP contribution in [-0.2, 0) is 14.3 Å². The summed E-state index contributed by atoms with van der Waals surface area (Å²) in [7, 11) is 0. The number of hydrogen-bond donors (Lipinski definition) is 2. The van der Waals surface area contributed by atoms with Crippen molar-refractivity contribution in [1.29, 1.82) is 0 Å². The lowest BCUT2D eigenvalue weighted by Gasteiger charge is -2.57. The number of esters is 1. The molecular weight excluding hydrogens is 356 g/mol. The Balaban J connectivity index is 1.67. The second-order valence-corrected chi connectivity index (χ2v) is 10.2. The normalized spacial score (nSPS) is 42.9. The summed E-state index contributed by atoms with van der Waals surface area (Å²) in [4.78, 5) is 11.7. The highest BCUT2D eigenvalue weighted by atomic mass is 16.6. The number of hydrogen-bond acceptors (Lipinski definition) is 5. The molecule has 0 aromatic heterocycles. The highest BCUT2D eigenvalue weighted by Crippen LogP contribution is 2.67. The molecule has 1 saturated carbocycles. The van der Waals surface area contributed by atoms with E-state index in [1.807, 2.05) is 0 Å². The second-order valence-electron chi connectivity index (χ2n) is 10.2. The SMILES string of the molecule is CC(C)C1=C2C3CC4OC(O)(C=C4COC(=O)C(C)O)C3(C)CCC2(C)CC1. The molecule has 6 atom stereocenters. The predicted molar refractivity (Wildman–Crippen MR) is 105 cm³/mol. The van der Waals surface area contributed by atoms with Crippen molar-refractivity contribution in [3.05, 3.63) is 22.8 Å². The Labute approximate surface area is 167 Å². The molecule has 0 aromatic carbocycles. The molecule has 5 nitrogen and oxygen atoms in total. The molecule has 0 radical (unpaired) electrons. The molecule has 0 spiro atoms. The summed E-state index contributed by atoms with van der Waals surface area (Å²) in [6.07, 6.45) is 5.58. The molecule has 1 saturated heterocycles. The predicted octanol–water partition coefficient (Wildman–Crippen LogP) is 3.50. The molecule has 2 N–H and O–H groups in total. The third-order valence-electron chi connectivity index (χ3n) is 8.06. The van der Waals surface area contributed by atoms with Gasteiger partial charge in [0.1, 0.15) is 12.7 Å². The molecule has 6 unspecified atom stereocenters. The van der Waals surface area contributed by atoms with Crippen molar-refractivity contribution >= 4 is 5.97 Å². The van der Waals surface area contributed by atoms with Gasteiger partial charge in [0.2, 0.25) is 0 Å². The number of carbonyl (C=O) groups is 1. The number of aliphatic hydroxyl groups is 2. The topological polar surface area (TPSA) is 76.0 Å². The Hall–Kier alpha value is -1.17. The molecular formula is C23H34O5. The van der Waals surface area contributed by atoms with Crippen LogP contribution in [-0.4, -0.2) is 40.8 Å². The lowest BCUT2D eigenvalue weighted by molar-refractivity contribution is -0.288. The van der Waals surface area contributed by atoms with Gasteiger partial charge in [-0.05, 0) is 67.9 Å². The van der Waals surface area contributed by atoms with Crippen LogP contribution in [0.3, 0.4) is 0 Å². The van der Waals surface area contributed by atoms with Gasteiger partial charge in [-0.15, -0.1) is 0 Å². The van der Waals surface area contributed by atoms with E-state index in [9.17, 15) is 15.0 Å². The smallest absolute Gasteiger partial charge is 0.334 e. The number of ether oxygens (including phenoxy) is 2. The molecule has 5 heteroatoms. The summed E-state index contributed by atoms with van der Waals surface area (Å²) >= 11 is 0. The minimum absolute atomic E-state index is 0.0624. The van der Waals surface area contributed by atoms with E-state index < -0.39 is 17.9 Å². The largest absolute Gasteiger partial charge is 0.459 e. The maximum Gasteiger partial charge on any atom is 0.334 e. The molecule has 0 amide bonds. The Morgan fingerprint density at radius 3 is 2.64 bits per heavy atom. The average molecular weight is 391 g/mol. The van der Waals surface area contributed by atoms with E-state index in [1.54, 1.807) is 17.2 Å². The monoisotopic (exact) mass is 390 g/mol. The summed E-state index contributed by atoms with van der Waals surface area (Å²) in [6, 6.07) is 0. The van der Waals surface area contributed by atoms with Gasteiger partial charge in [-0.3, -0.25) is 0 Å². The zero-order chi connectivity index (χ0) is 20.5. The molecule has 2 heterocycles. The molecule has 4 aliphatic rings.